The Bertz CT molecular complexity index is 1190. The summed E-state index contributed by atoms with van der Waals surface area (Å²) in [6.45, 7) is 4.80. The number of unbranched alkanes of at least 4 members (excludes halogenated alkanes) is 1. The van der Waals surface area contributed by atoms with Crippen LogP contribution in [0.4, 0.5) is 0 Å². The van der Waals surface area contributed by atoms with E-state index in [0.29, 0.717) is 15.8 Å². The molecular formula is C25H25N3O2S2. The molecule has 0 atom stereocenters. The normalized spacial score (nSPS) is 15.1. The number of carbonyl (C=O) groups is 1. The molecule has 0 saturated carbocycles. The van der Waals surface area contributed by atoms with E-state index in [9.17, 15) is 4.79 Å². The van der Waals surface area contributed by atoms with Crippen LogP contribution in [0.1, 0.15) is 30.9 Å². The highest BCUT2D eigenvalue weighted by Crippen LogP contribution is 2.36. The maximum atomic E-state index is 13.0. The molecule has 0 aliphatic carbocycles. The number of thioether (sulfide) groups is 1. The van der Waals surface area contributed by atoms with Crippen molar-refractivity contribution in [2.75, 3.05) is 13.7 Å². The summed E-state index contributed by atoms with van der Waals surface area (Å²) >= 11 is 6.83. The second-order valence-electron chi connectivity index (χ2n) is 7.58. The first-order chi connectivity index (χ1) is 15.5. The summed E-state index contributed by atoms with van der Waals surface area (Å²) in [5.41, 5.74) is 4.68. The Morgan fingerprint density at radius 3 is 2.66 bits per heavy atom. The highest BCUT2D eigenvalue weighted by Gasteiger charge is 2.32. The van der Waals surface area contributed by atoms with Crippen LogP contribution < -0.4 is 4.74 Å². The molecule has 7 heteroatoms. The molecule has 0 spiro atoms. The SMILES string of the molecule is CCCCN1C(=O)C(=Cc2cn(-c3ccccc3)nc2-c2ccc(OC)cc2C)SC1=S. The molecule has 1 saturated heterocycles. The minimum absolute atomic E-state index is 0.0293. The number of thiocarbonyl (C=S) groups is 1. The van der Waals surface area contributed by atoms with Crippen molar-refractivity contribution in [2.24, 2.45) is 0 Å². The molecule has 3 aromatic rings. The van der Waals surface area contributed by atoms with Crippen LogP contribution in [0.2, 0.25) is 0 Å². The third kappa shape index (κ3) is 4.49. The predicted molar refractivity (Wildman–Crippen MR) is 135 cm³/mol. The van der Waals surface area contributed by atoms with Gasteiger partial charge in [0, 0.05) is 23.9 Å². The highest BCUT2D eigenvalue weighted by molar-refractivity contribution is 8.26. The zero-order valence-electron chi connectivity index (χ0n) is 18.4. The molecule has 1 amide bonds. The van der Waals surface area contributed by atoms with Crippen LogP contribution in [0.25, 0.3) is 23.0 Å². The number of hydrogen-bond donors (Lipinski definition) is 0. The van der Waals surface area contributed by atoms with Crippen LogP contribution in [-0.2, 0) is 4.79 Å². The Morgan fingerprint density at radius 1 is 1.19 bits per heavy atom. The van der Waals surface area contributed by atoms with Gasteiger partial charge in [-0.25, -0.2) is 4.68 Å². The van der Waals surface area contributed by atoms with Gasteiger partial charge in [-0.05, 0) is 55.3 Å². The van der Waals surface area contributed by atoms with Crippen LogP contribution in [0.3, 0.4) is 0 Å². The first kappa shape index (κ1) is 22.3. The molecular weight excluding hydrogens is 438 g/mol. The van der Waals surface area contributed by atoms with Crippen molar-refractivity contribution in [3.63, 3.8) is 0 Å². The number of carbonyl (C=O) groups excluding carboxylic acids is 1. The van der Waals surface area contributed by atoms with Gasteiger partial charge >= 0.3 is 0 Å². The summed E-state index contributed by atoms with van der Waals surface area (Å²) in [7, 11) is 1.66. The second-order valence-corrected chi connectivity index (χ2v) is 9.26. The fourth-order valence-electron chi connectivity index (χ4n) is 3.59. The smallest absolute Gasteiger partial charge is 0.266 e. The maximum absolute atomic E-state index is 13.0. The summed E-state index contributed by atoms with van der Waals surface area (Å²) < 4.78 is 7.83. The lowest BCUT2D eigenvalue weighted by Gasteiger charge is -2.13. The van der Waals surface area contributed by atoms with Gasteiger partial charge in [-0.3, -0.25) is 9.69 Å². The molecule has 1 fully saturated rings. The lowest BCUT2D eigenvalue weighted by Crippen LogP contribution is -2.28. The fourth-order valence-corrected chi connectivity index (χ4v) is 4.89. The van der Waals surface area contributed by atoms with Gasteiger partial charge in [-0.2, -0.15) is 5.10 Å². The lowest BCUT2D eigenvalue weighted by atomic mass is 10.0. The molecule has 0 bridgehead atoms. The topological polar surface area (TPSA) is 47.4 Å². The van der Waals surface area contributed by atoms with Crippen molar-refractivity contribution < 1.29 is 9.53 Å². The van der Waals surface area contributed by atoms with Crippen LogP contribution in [0.5, 0.6) is 5.75 Å². The summed E-state index contributed by atoms with van der Waals surface area (Å²) in [5.74, 6) is 0.769. The minimum atomic E-state index is -0.0293. The van der Waals surface area contributed by atoms with Crippen molar-refractivity contribution in [1.29, 1.82) is 0 Å². The molecule has 164 valence electrons. The van der Waals surface area contributed by atoms with Gasteiger partial charge in [0.15, 0.2) is 0 Å². The molecule has 0 radical (unpaired) electrons. The average Bonchev–Trinajstić information content (AvgIpc) is 3.33. The summed E-state index contributed by atoms with van der Waals surface area (Å²) in [5, 5.41) is 4.89. The van der Waals surface area contributed by atoms with E-state index in [-0.39, 0.29) is 5.91 Å². The lowest BCUT2D eigenvalue weighted by molar-refractivity contribution is -0.122. The van der Waals surface area contributed by atoms with Crippen LogP contribution in [-0.4, -0.2) is 38.6 Å². The summed E-state index contributed by atoms with van der Waals surface area (Å²) in [6.07, 6.45) is 5.83. The molecule has 0 N–H and O–H groups in total. The number of rotatable bonds is 7. The average molecular weight is 464 g/mol. The van der Waals surface area contributed by atoms with Crippen LogP contribution >= 0.6 is 24.0 Å². The molecule has 1 aromatic heterocycles. The number of methoxy groups -OCH3 is 1. The van der Waals surface area contributed by atoms with Crippen molar-refractivity contribution in [2.45, 2.75) is 26.7 Å². The zero-order valence-corrected chi connectivity index (χ0v) is 20.0. The first-order valence-electron chi connectivity index (χ1n) is 10.6. The zero-order chi connectivity index (χ0) is 22.7. The van der Waals surface area contributed by atoms with Gasteiger partial charge in [0.2, 0.25) is 0 Å². The molecule has 2 heterocycles. The van der Waals surface area contributed by atoms with E-state index >= 15 is 0 Å². The number of aryl methyl sites for hydroxylation is 1. The monoisotopic (exact) mass is 463 g/mol. The Labute approximate surface area is 198 Å². The molecule has 2 aromatic carbocycles. The predicted octanol–water partition coefficient (Wildman–Crippen LogP) is 5.86. The Hall–Kier alpha value is -2.90. The van der Waals surface area contributed by atoms with Gasteiger partial charge in [0.05, 0.1) is 17.7 Å². The molecule has 1 aliphatic rings. The number of nitrogens with zero attached hydrogens (tertiary/aromatic N) is 3. The highest BCUT2D eigenvalue weighted by atomic mass is 32.2. The fraction of sp³-hybridized carbons (Fsp3) is 0.240. The third-order valence-corrected chi connectivity index (χ3v) is 6.73. The van der Waals surface area contributed by atoms with E-state index in [2.05, 4.69) is 6.92 Å². The van der Waals surface area contributed by atoms with E-state index in [4.69, 9.17) is 22.1 Å². The Balaban J connectivity index is 1.79. The number of benzene rings is 2. The van der Waals surface area contributed by atoms with Crippen molar-refractivity contribution in [3.8, 4) is 22.7 Å². The minimum Gasteiger partial charge on any atom is -0.497 e. The Morgan fingerprint density at radius 2 is 1.97 bits per heavy atom. The van der Waals surface area contributed by atoms with Gasteiger partial charge in [-0.1, -0.05) is 55.5 Å². The van der Waals surface area contributed by atoms with E-state index in [1.165, 1.54) is 11.8 Å². The van der Waals surface area contributed by atoms with Gasteiger partial charge in [-0.15, -0.1) is 0 Å². The quantitative estimate of drug-likeness (QED) is 0.325. The molecule has 5 nitrogen and oxygen atoms in total. The van der Waals surface area contributed by atoms with Crippen LogP contribution in [0, 0.1) is 6.92 Å². The van der Waals surface area contributed by atoms with Crippen LogP contribution in [0.15, 0.2) is 59.6 Å². The number of hydrogen-bond acceptors (Lipinski definition) is 5. The summed E-state index contributed by atoms with van der Waals surface area (Å²) in [6, 6.07) is 15.9. The van der Waals surface area contributed by atoms with E-state index in [0.717, 1.165) is 46.7 Å². The maximum Gasteiger partial charge on any atom is 0.266 e. The van der Waals surface area contributed by atoms with E-state index in [1.54, 1.807) is 12.0 Å². The first-order valence-corrected chi connectivity index (χ1v) is 11.8. The van der Waals surface area contributed by atoms with Gasteiger partial charge in [0.25, 0.3) is 5.91 Å². The van der Waals surface area contributed by atoms with Gasteiger partial charge in [0.1, 0.15) is 15.8 Å². The number of aromatic nitrogens is 2. The Kier molecular flexibility index (Phi) is 6.77. The van der Waals surface area contributed by atoms with Crippen molar-refractivity contribution >= 4 is 40.3 Å². The largest absolute Gasteiger partial charge is 0.497 e. The summed E-state index contributed by atoms with van der Waals surface area (Å²) in [4.78, 5) is 15.3. The molecule has 4 rings (SSSR count). The van der Waals surface area contributed by atoms with Crippen molar-refractivity contribution in [3.05, 3.63) is 70.8 Å². The number of para-hydroxylation sites is 1. The molecule has 32 heavy (non-hydrogen) atoms. The molecule has 0 unspecified atom stereocenters. The number of amides is 1. The molecule has 1 aliphatic heterocycles. The van der Waals surface area contributed by atoms with E-state index < -0.39 is 0 Å². The third-order valence-electron chi connectivity index (χ3n) is 5.35. The van der Waals surface area contributed by atoms with Gasteiger partial charge < -0.3 is 4.74 Å². The second kappa shape index (κ2) is 9.71. The standard InChI is InChI=1S/C25H25N3O2S2/c1-4-5-13-27-24(29)22(32-25(27)31)15-18-16-28(19-9-7-6-8-10-19)26-23(18)21-12-11-20(30-3)14-17(21)2/h6-12,14-16H,4-5,13H2,1-3H3. The number of ether oxygens (including phenoxy) is 1. The van der Waals surface area contributed by atoms with Crippen molar-refractivity contribution in [1.82, 2.24) is 14.7 Å². The van der Waals surface area contributed by atoms with E-state index in [1.807, 2.05) is 72.4 Å².